The number of nitrogens with zero attached hydrogens (tertiary/aromatic N) is 3. The van der Waals surface area contributed by atoms with E-state index in [2.05, 4.69) is 15.6 Å². The maximum Gasteiger partial charge on any atom is 0.331 e. The zero-order valence-corrected chi connectivity index (χ0v) is 14.7. The summed E-state index contributed by atoms with van der Waals surface area (Å²) in [4.78, 5) is 23.4. The van der Waals surface area contributed by atoms with Crippen molar-refractivity contribution in [2.45, 2.75) is 13.5 Å². The molecule has 8 nitrogen and oxygen atoms in total. The van der Waals surface area contributed by atoms with Gasteiger partial charge in [0.1, 0.15) is 5.76 Å². The normalized spacial score (nSPS) is 10.9. The molecule has 0 atom stereocenters. The monoisotopic (exact) mass is 366 g/mol. The minimum atomic E-state index is -0.628. The van der Waals surface area contributed by atoms with Crippen molar-refractivity contribution in [2.75, 3.05) is 11.9 Å². The molecular weight excluding hydrogens is 348 g/mol. The molecule has 0 unspecified atom stereocenters. The van der Waals surface area contributed by atoms with Gasteiger partial charge in [-0.1, -0.05) is 35.5 Å². The van der Waals surface area contributed by atoms with Gasteiger partial charge in [-0.3, -0.25) is 9.48 Å². The van der Waals surface area contributed by atoms with Crippen molar-refractivity contribution in [3.8, 4) is 0 Å². The number of amides is 1. The number of nitrogens with one attached hydrogen (secondary N) is 1. The topological polar surface area (TPSA) is 99.2 Å². The zero-order chi connectivity index (χ0) is 19.1. The molecule has 0 saturated carbocycles. The number of hydrogen-bond donors (Lipinski definition) is 1. The molecule has 0 fully saturated rings. The molecule has 3 rings (SSSR count). The summed E-state index contributed by atoms with van der Waals surface area (Å²) in [5.74, 6) is -0.286. The van der Waals surface area contributed by atoms with Crippen LogP contribution in [-0.4, -0.2) is 33.4 Å². The summed E-state index contributed by atoms with van der Waals surface area (Å²) in [5.41, 5.74) is 1.88. The Labute approximate surface area is 155 Å². The van der Waals surface area contributed by atoms with Crippen LogP contribution in [0.4, 0.5) is 5.82 Å². The molecular formula is C19H18N4O4. The number of carbonyl (C=O) groups excluding carboxylic acids is 2. The van der Waals surface area contributed by atoms with Gasteiger partial charge < -0.3 is 14.6 Å². The Hall–Kier alpha value is -3.68. The lowest BCUT2D eigenvalue weighted by molar-refractivity contribution is -0.142. The van der Waals surface area contributed by atoms with E-state index in [1.165, 1.54) is 6.08 Å². The smallest absolute Gasteiger partial charge is 0.331 e. The van der Waals surface area contributed by atoms with Crippen molar-refractivity contribution < 1.29 is 18.8 Å². The Morgan fingerprint density at radius 2 is 2.11 bits per heavy atom. The van der Waals surface area contributed by atoms with Crippen LogP contribution in [0.2, 0.25) is 0 Å². The summed E-state index contributed by atoms with van der Waals surface area (Å²) in [5, 5.41) is 10.3. The lowest BCUT2D eigenvalue weighted by Crippen LogP contribution is -2.20. The van der Waals surface area contributed by atoms with Gasteiger partial charge in [0, 0.05) is 23.9 Å². The SMILES string of the molecule is Cc1cc(NC(=O)COC(=O)/C=C/c2cnn(Cc3ccccc3)c2)no1. The van der Waals surface area contributed by atoms with E-state index in [1.807, 2.05) is 36.5 Å². The van der Waals surface area contributed by atoms with Gasteiger partial charge in [0.25, 0.3) is 5.91 Å². The third-order valence-electron chi connectivity index (χ3n) is 3.49. The van der Waals surface area contributed by atoms with Crippen LogP contribution in [0.3, 0.4) is 0 Å². The van der Waals surface area contributed by atoms with Gasteiger partial charge in [0.2, 0.25) is 0 Å². The number of aryl methyl sites for hydroxylation is 1. The predicted octanol–water partition coefficient (Wildman–Crippen LogP) is 2.42. The number of benzene rings is 1. The zero-order valence-electron chi connectivity index (χ0n) is 14.7. The van der Waals surface area contributed by atoms with Crippen molar-refractivity contribution in [2.24, 2.45) is 0 Å². The van der Waals surface area contributed by atoms with E-state index in [1.54, 1.807) is 29.9 Å². The lowest BCUT2D eigenvalue weighted by Gasteiger charge is -2.01. The van der Waals surface area contributed by atoms with Crippen LogP contribution < -0.4 is 5.32 Å². The predicted molar refractivity (Wildman–Crippen MR) is 97.6 cm³/mol. The molecule has 1 aromatic carbocycles. The fourth-order valence-corrected chi connectivity index (χ4v) is 2.28. The maximum absolute atomic E-state index is 11.7. The van der Waals surface area contributed by atoms with Crippen LogP contribution in [0.15, 0.2) is 59.4 Å². The molecule has 0 aliphatic carbocycles. The minimum Gasteiger partial charge on any atom is -0.452 e. The first-order valence-electron chi connectivity index (χ1n) is 8.23. The maximum atomic E-state index is 11.7. The Morgan fingerprint density at radius 1 is 1.30 bits per heavy atom. The molecule has 0 radical (unpaired) electrons. The first kappa shape index (κ1) is 18.1. The van der Waals surface area contributed by atoms with Gasteiger partial charge in [-0.15, -0.1) is 0 Å². The van der Waals surface area contributed by atoms with E-state index in [-0.39, 0.29) is 5.82 Å². The van der Waals surface area contributed by atoms with Crippen LogP contribution in [0.5, 0.6) is 0 Å². The first-order valence-corrected chi connectivity index (χ1v) is 8.23. The highest BCUT2D eigenvalue weighted by Crippen LogP contribution is 2.07. The van der Waals surface area contributed by atoms with E-state index in [0.29, 0.717) is 12.3 Å². The van der Waals surface area contributed by atoms with Crippen LogP contribution in [0.1, 0.15) is 16.9 Å². The number of rotatable bonds is 7. The van der Waals surface area contributed by atoms with Gasteiger partial charge in [0.15, 0.2) is 12.4 Å². The summed E-state index contributed by atoms with van der Waals surface area (Å²) in [6, 6.07) is 11.5. The van der Waals surface area contributed by atoms with Gasteiger partial charge in [-0.25, -0.2) is 4.79 Å². The number of esters is 1. The van der Waals surface area contributed by atoms with Crippen molar-refractivity contribution in [1.82, 2.24) is 14.9 Å². The molecule has 1 N–H and O–H groups in total. The van der Waals surface area contributed by atoms with E-state index in [4.69, 9.17) is 9.26 Å². The van der Waals surface area contributed by atoms with Crippen molar-refractivity contribution >= 4 is 23.8 Å². The second-order valence-corrected chi connectivity index (χ2v) is 5.77. The van der Waals surface area contributed by atoms with Crippen LogP contribution >= 0.6 is 0 Å². The summed E-state index contributed by atoms with van der Waals surface area (Å²) in [6.07, 6.45) is 6.29. The largest absolute Gasteiger partial charge is 0.452 e. The lowest BCUT2D eigenvalue weighted by atomic mass is 10.2. The fourth-order valence-electron chi connectivity index (χ4n) is 2.28. The Bertz CT molecular complexity index is 944. The minimum absolute atomic E-state index is 0.273. The Morgan fingerprint density at radius 3 is 2.85 bits per heavy atom. The molecule has 138 valence electrons. The van der Waals surface area contributed by atoms with E-state index < -0.39 is 18.5 Å². The molecule has 8 heteroatoms. The molecule has 0 bridgehead atoms. The fraction of sp³-hybridized carbons (Fsp3) is 0.158. The second kappa shape index (κ2) is 8.61. The van der Waals surface area contributed by atoms with Gasteiger partial charge in [0.05, 0.1) is 12.7 Å². The molecule has 0 aliphatic rings. The average molecular weight is 366 g/mol. The molecule has 2 aromatic heterocycles. The van der Waals surface area contributed by atoms with Crippen LogP contribution in [0, 0.1) is 6.92 Å². The van der Waals surface area contributed by atoms with Crippen molar-refractivity contribution in [3.63, 3.8) is 0 Å². The molecule has 3 aromatic rings. The van der Waals surface area contributed by atoms with Crippen LogP contribution in [0.25, 0.3) is 6.08 Å². The standard InChI is InChI=1S/C19H18N4O4/c1-14-9-17(22-27-14)21-18(24)13-26-19(25)8-7-16-10-20-23(12-16)11-15-5-3-2-4-6-15/h2-10,12H,11,13H2,1H3,(H,21,22,24)/b8-7+. The molecule has 0 saturated heterocycles. The van der Waals surface area contributed by atoms with Gasteiger partial charge in [-0.05, 0) is 18.6 Å². The molecule has 2 heterocycles. The average Bonchev–Trinajstić information content (AvgIpc) is 3.28. The molecule has 0 spiro atoms. The number of aromatic nitrogens is 3. The molecule has 27 heavy (non-hydrogen) atoms. The van der Waals surface area contributed by atoms with E-state index in [0.717, 1.165) is 11.1 Å². The summed E-state index contributed by atoms with van der Waals surface area (Å²) in [6.45, 7) is 1.93. The van der Waals surface area contributed by atoms with E-state index >= 15 is 0 Å². The van der Waals surface area contributed by atoms with Crippen LogP contribution in [-0.2, 0) is 20.9 Å². The quantitative estimate of drug-likeness (QED) is 0.509. The summed E-state index contributed by atoms with van der Waals surface area (Å²) >= 11 is 0. The van der Waals surface area contributed by atoms with Crippen molar-refractivity contribution in [1.29, 1.82) is 0 Å². The summed E-state index contributed by atoms with van der Waals surface area (Å²) in [7, 11) is 0. The van der Waals surface area contributed by atoms with Gasteiger partial charge >= 0.3 is 5.97 Å². The first-order chi connectivity index (χ1) is 13.1. The van der Waals surface area contributed by atoms with Crippen molar-refractivity contribution in [3.05, 3.63) is 71.8 Å². The second-order valence-electron chi connectivity index (χ2n) is 5.77. The van der Waals surface area contributed by atoms with Gasteiger partial charge in [-0.2, -0.15) is 5.10 Å². The number of anilines is 1. The Balaban J connectivity index is 1.45. The number of hydrogen-bond acceptors (Lipinski definition) is 6. The third-order valence-corrected chi connectivity index (χ3v) is 3.49. The third kappa shape index (κ3) is 5.67. The molecule has 1 amide bonds. The highest BCUT2D eigenvalue weighted by molar-refractivity contribution is 5.94. The van der Waals surface area contributed by atoms with E-state index in [9.17, 15) is 9.59 Å². The molecule has 0 aliphatic heterocycles. The summed E-state index contributed by atoms with van der Waals surface area (Å²) < 4.78 is 11.5. The highest BCUT2D eigenvalue weighted by atomic mass is 16.5. The number of ether oxygens (including phenoxy) is 1. The number of carbonyl (C=O) groups is 2. The highest BCUT2D eigenvalue weighted by Gasteiger charge is 2.08. The Kier molecular flexibility index (Phi) is 5.78.